The Kier molecular flexibility index (Phi) is 4.03. The molecule has 0 radical (unpaired) electrons. The molecule has 0 amide bonds. The van der Waals surface area contributed by atoms with Gasteiger partial charge in [0.25, 0.3) is 0 Å². The molecule has 0 unspecified atom stereocenters. The van der Waals surface area contributed by atoms with Gasteiger partial charge in [-0.2, -0.15) is 18.2 Å². The second-order valence-electron chi connectivity index (χ2n) is 3.55. The Morgan fingerprint density at radius 2 is 2.06 bits per heavy atom. The van der Waals surface area contributed by atoms with E-state index in [-0.39, 0.29) is 12.4 Å². The molecule has 1 rings (SSSR count). The monoisotopic (exact) mass is 249 g/mol. The molecule has 0 aliphatic rings. The van der Waals surface area contributed by atoms with E-state index in [0.717, 1.165) is 0 Å². The number of halogens is 3. The summed E-state index contributed by atoms with van der Waals surface area (Å²) in [5, 5.41) is 0. The first-order valence-corrected chi connectivity index (χ1v) is 4.92. The van der Waals surface area contributed by atoms with Crippen molar-refractivity contribution < 1.29 is 17.9 Å². The van der Waals surface area contributed by atoms with Crippen molar-refractivity contribution in [3.8, 4) is 5.88 Å². The molecule has 7 heteroatoms. The molecule has 0 fully saturated rings. The van der Waals surface area contributed by atoms with Gasteiger partial charge in [0.15, 0.2) is 0 Å². The van der Waals surface area contributed by atoms with Crippen molar-refractivity contribution in [1.29, 1.82) is 0 Å². The van der Waals surface area contributed by atoms with Gasteiger partial charge in [0, 0.05) is 13.6 Å². The zero-order valence-electron chi connectivity index (χ0n) is 9.58. The first kappa shape index (κ1) is 13.4. The fourth-order valence-corrected chi connectivity index (χ4v) is 1.23. The van der Waals surface area contributed by atoms with Crippen LogP contribution in [0.5, 0.6) is 5.88 Å². The lowest BCUT2D eigenvalue weighted by Crippen LogP contribution is -2.24. The van der Waals surface area contributed by atoms with Crippen LogP contribution in [0.15, 0.2) is 12.1 Å². The summed E-state index contributed by atoms with van der Waals surface area (Å²) in [5.74, 6) is 0.599. The van der Waals surface area contributed by atoms with Gasteiger partial charge in [-0.1, -0.05) is 0 Å². The Bertz CT molecular complexity index is 382. The smallest absolute Gasteiger partial charge is 0.390 e. The minimum Gasteiger partial charge on any atom is -0.479 e. The highest BCUT2D eigenvalue weighted by molar-refractivity contribution is 5.54. The van der Waals surface area contributed by atoms with Gasteiger partial charge in [-0.25, -0.2) is 0 Å². The van der Waals surface area contributed by atoms with Gasteiger partial charge in [0.05, 0.1) is 19.2 Å². The number of methoxy groups -OCH3 is 1. The second-order valence-corrected chi connectivity index (χ2v) is 3.55. The summed E-state index contributed by atoms with van der Waals surface area (Å²) in [6, 6.07) is 3.10. The number of nitrogen functional groups attached to an aromatic ring is 1. The summed E-state index contributed by atoms with van der Waals surface area (Å²) in [7, 11) is 2.93. The lowest BCUT2D eigenvalue weighted by atomic mass is 10.3. The van der Waals surface area contributed by atoms with Crippen LogP contribution < -0.4 is 15.4 Å². The van der Waals surface area contributed by atoms with E-state index in [1.54, 1.807) is 12.1 Å². The average molecular weight is 249 g/mol. The molecule has 2 N–H and O–H groups in total. The van der Waals surface area contributed by atoms with Crippen molar-refractivity contribution in [3.63, 3.8) is 0 Å². The Morgan fingerprint density at radius 3 is 2.59 bits per heavy atom. The maximum absolute atomic E-state index is 12.0. The van der Waals surface area contributed by atoms with Gasteiger partial charge in [-0.3, -0.25) is 0 Å². The molecule has 0 saturated heterocycles. The van der Waals surface area contributed by atoms with Crippen molar-refractivity contribution in [2.24, 2.45) is 0 Å². The van der Waals surface area contributed by atoms with Gasteiger partial charge in [0.2, 0.25) is 5.88 Å². The van der Waals surface area contributed by atoms with Crippen LogP contribution in [-0.4, -0.2) is 31.9 Å². The van der Waals surface area contributed by atoms with Crippen LogP contribution in [0, 0.1) is 0 Å². The van der Waals surface area contributed by atoms with Gasteiger partial charge in [-0.15, -0.1) is 0 Å². The summed E-state index contributed by atoms with van der Waals surface area (Å²) >= 11 is 0. The molecule has 0 aliphatic heterocycles. The average Bonchev–Trinajstić information content (AvgIpc) is 2.25. The van der Waals surface area contributed by atoms with Crippen LogP contribution in [0.1, 0.15) is 6.42 Å². The standard InChI is InChI=1S/C10H14F3N3O/c1-16(6-5-10(11,12)13)8-4-3-7(14)9(15-8)17-2/h3-4H,5-6,14H2,1-2H3. The molecular formula is C10H14F3N3O. The molecule has 0 bridgehead atoms. The first-order chi connectivity index (χ1) is 7.83. The van der Waals surface area contributed by atoms with Crippen LogP contribution in [0.4, 0.5) is 24.7 Å². The summed E-state index contributed by atoms with van der Waals surface area (Å²) in [4.78, 5) is 5.40. The molecule has 1 aromatic heterocycles. The highest BCUT2D eigenvalue weighted by Gasteiger charge is 2.27. The first-order valence-electron chi connectivity index (χ1n) is 4.92. The number of rotatable bonds is 4. The molecule has 1 aromatic rings. The fourth-order valence-electron chi connectivity index (χ4n) is 1.23. The van der Waals surface area contributed by atoms with Crippen molar-refractivity contribution in [3.05, 3.63) is 12.1 Å². The Balaban J connectivity index is 2.72. The minimum absolute atomic E-state index is 0.163. The Labute approximate surface area is 97.2 Å². The number of pyridine rings is 1. The second kappa shape index (κ2) is 5.11. The summed E-state index contributed by atoms with van der Waals surface area (Å²) < 4.78 is 41.0. The van der Waals surface area contributed by atoms with Crippen molar-refractivity contribution in [1.82, 2.24) is 4.98 Å². The molecule has 0 saturated carbocycles. The maximum Gasteiger partial charge on any atom is 0.390 e. The number of hydrogen-bond acceptors (Lipinski definition) is 4. The molecule has 1 heterocycles. The van der Waals surface area contributed by atoms with E-state index in [9.17, 15) is 13.2 Å². The molecule has 0 atom stereocenters. The molecule has 0 aromatic carbocycles. The molecule has 17 heavy (non-hydrogen) atoms. The molecule has 96 valence electrons. The van der Waals surface area contributed by atoms with Crippen LogP contribution in [-0.2, 0) is 0 Å². The van der Waals surface area contributed by atoms with Gasteiger partial charge < -0.3 is 15.4 Å². The summed E-state index contributed by atoms with van der Waals surface area (Å²) in [6.07, 6.45) is -5.07. The number of alkyl halides is 3. The summed E-state index contributed by atoms with van der Waals surface area (Å²) in [6.45, 7) is -0.163. The highest BCUT2D eigenvalue weighted by Crippen LogP contribution is 2.24. The van der Waals surface area contributed by atoms with Crippen molar-refractivity contribution in [2.75, 3.05) is 31.3 Å². The maximum atomic E-state index is 12.0. The Hall–Kier alpha value is -1.66. The number of hydrogen-bond donors (Lipinski definition) is 1. The zero-order chi connectivity index (χ0) is 13.1. The highest BCUT2D eigenvalue weighted by atomic mass is 19.4. The van der Waals surface area contributed by atoms with E-state index < -0.39 is 12.6 Å². The molecule has 0 aliphatic carbocycles. The van der Waals surface area contributed by atoms with E-state index in [0.29, 0.717) is 11.5 Å². The van der Waals surface area contributed by atoms with Crippen molar-refractivity contribution >= 4 is 11.5 Å². The van der Waals surface area contributed by atoms with E-state index in [2.05, 4.69) is 4.98 Å². The van der Waals surface area contributed by atoms with E-state index >= 15 is 0 Å². The normalized spacial score (nSPS) is 11.4. The van der Waals surface area contributed by atoms with Crippen LogP contribution in [0.3, 0.4) is 0 Å². The largest absolute Gasteiger partial charge is 0.479 e. The van der Waals surface area contributed by atoms with Crippen LogP contribution in [0.2, 0.25) is 0 Å². The third-order valence-electron chi connectivity index (χ3n) is 2.19. The van der Waals surface area contributed by atoms with E-state index in [1.807, 2.05) is 0 Å². The fraction of sp³-hybridized carbons (Fsp3) is 0.500. The number of anilines is 2. The van der Waals surface area contributed by atoms with Gasteiger partial charge in [0.1, 0.15) is 5.82 Å². The molecule has 0 spiro atoms. The molecule has 4 nitrogen and oxygen atoms in total. The van der Waals surface area contributed by atoms with Crippen LogP contribution in [0.25, 0.3) is 0 Å². The quantitative estimate of drug-likeness (QED) is 0.887. The Morgan fingerprint density at radius 1 is 1.41 bits per heavy atom. The third-order valence-corrected chi connectivity index (χ3v) is 2.19. The van der Waals surface area contributed by atoms with Gasteiger partial charge >= 0.3 is 6.18 Å². The zero-order valence-corrected chi connectivity index (χ0v) is 9.58. The SMILES string of the molecule is COc1nc(N(C)CCC(F)(F)F)ccc1N. The topological polar surface area (TPSA) is 51.4 Å². The van der Waals surface area contributed by atoms with Crippen molar-refractivity contribution in [2.45, 2.75) is 12.6 Å². The predicted octanol–water partition coefficient (Wildman–Crippen LogP) is 2.06. The number of ether oxygens (including phenoxy) is 1. The third kappa shape index (κ3) is 4.01. The van der Waals surface area contributed by atoms with Gasteiger partial charge in [-0.05, 0) is 12.1 Å². The van der Waals surface area contributed by atoms with E-state index in [1.165, 1.54) is 19.1 Å². The van der Waals surface area contributed by atoms with Crippen LogP contribution >= 0.6 is 0 Å². The number of nitrogens with two attached hydrogens (primary N) is 1. The number of nitrogens with zero attached hydrogens (tertiary/aromatic N) is 2. The molecular weight excluding hydrogens is 235 g/mol. The minimum atomic E-state index is -4.17. The predicted molar refractivity (Wildman–Crippen MR) is 59.1 cm³/mol. The lowest BCUT2D eigenvalue weighted by molar-refractivity contribution is -0.132. The lowest BCUT2D eigenvalue weighted by Gasteiger charge is -2.19. The van der Waals surface area contributed by atoms with E-state index in [4.69, 9.17) is 10.5 Å². The number of aromatic nitrogens is 1. The summed E-state index contributed by atoms with van der Waals surface area (Å²) in [5.41, 5.74) is 5.90.